The Bertz CT molecular complexity index is 449. The lowest BCUT2D eigenvalue weighted by Crippen LogP contribution is -2.44. The number of aryl methyl sites for hydroxylation is 1. The zero-order chi connectivity index (χ0) is 13.3. The Hall–Kier alpha value is -1.02. The van der Waals surface area contributed by atoms with E-state index in [1.807, 2.05) is 0 Å². The highest BCUT2D eigenvalue weighted by Gasteiger charge is 2.44. The first kappa shape index (κ1) is 13.0. The summed E-state index contributed by atoms with van der Waals surface area (Å²) in [5, 5.41) is 0. The molecule has 0 amide bonds. The number of hydrogen-bond donors (Lipinski definition) is 1. The van der Waals surface area contributed by atoms with Crippen molar-refractivity contribution in [3.8, 4) is 5.75 Å². The van der Waals surface area contributed by atoms with Crippen LogP contribution in [0.4, 0.5) is 0 Å². The number of methoxy groups -OCH3 is 1. The van der Waals surface area contributed by atoms with Crippen LogP contribution in [0.15, 0.2) is 18.2 Å². The molecule has 0 saturated heterocycles. The van der Waals surface area contributed by atoms with Gasteiger partial charge in [0.05, 0.1) is 7.11 Å². The van der Waals surface area contributed by atoms with Crippen molar-refractivity contribution < 1.29 is 4.74 Å². The molecule has 0 radical (unpaired) electrons. The fourth-order valence-electron chi connectivity index (χ4n) is 4.39. The third-order valence-corrected chi connectivity index (χ3v) is 5.43. The lowest BCUT2D eigenvalue weighted by Gasteiger charge is -2.48. The average molecular weight is 259 g/mol. The highest BCUT2D eigenvalue weighted by atomic mass is 16.5. The van der Waals surface area contributed by atoms with Crippen LogP contribution in [-0.2, 0) is 11.8 Å². The Balaban J connectivity index is 2.08. The van der Waals surface area contributed by atoms with E-state index in [-0.39, 0.29) is 0 Å². The SMILES string of the molecule is COc1ccc2c(c1)C1(CCCCC1)C(CN)CC2. The number of ether oxygens (including phenoxy) is 1. The molecule has 2 heteroatoms. The van der Waals surface area contributed by atoms with Gasteiger partial charge in [-0.3, -0.25) is 0 Å². The number of fused-ring (bicyclic) bond motifs is 2. The lowest BCUT2D eigenvalue weighted by atomic mass is 9.57. The molecule has 1 saturated carbocycles. The van der Waals surface area contributed by atoms with Gasteiger partial charge in [-0.1, -0.05) is 25.3 Å². The van der Waals surface area contributed by atoms with Gasteiger partial charge in [0.15, 0.2) is 0 Å². The fourth-order valence-corrected chi connectivity index (χ4v) is 4.39. The second-order valence-electron chi connectivity index (χ2n) is 6.21. The summed E-state index contributed by atoms with van der Waals surface area (Å²) in [6.07, 6.45) is 9.17. The van der Waals surface area contributed by atoms with Crippen molar-refractivity contribution in [1.82, 2.24) is 0 Å². The minimum absolute atomic E-state index is 0.342. The second-order valence-corrected chi connectivity index (χ2v) is 6.21. The molecule has 104 valence electrons. The van der Waals surface area contributed by atoms with E-state index in [1.165, 1.54) is 50.5 Å². The monoisotopic (exact) mass is 259 g/mol. The molecular formula is C17H25NO. The van der Waals surface area contributed by atoms with Crippen LogP contribution in [0, 0.1) is 5.92 Å². The zero-order valence-electron chi connectivity index (χ0n) is 12.0. The van der Waals surface area contributed by atoms with Gasteiger partial charge in [-0.15, -0.1) is 0 Å². The molecule has 2 aliphatic carbocycles. The Morgan fingerprint density at radius 1 is 1.26 bits per heavy atom. The first-order valence-electron chi connectivity index (χ1n) is 7.67. The third kappa shape index (κ3) is 2.06. The maximum Gasteiger partial charge on any atom is 0.119 e. The zero-order valence-corrected chi connectivity index (χ0v) is 12.0. The summed E-state index contributed by atoms with van der Waals surface area (Å²) in [4.78, 5) is 0. The normalized spacial score (nSPS) is 25.1. The van der Waals surface area contributed by atoms with Crippen LogP contribution in [0.3, 0.4) is 0 Å². The van der Waals surface area contributed by atoms with Gasteiger partial charge in [-0.05, 0) is 66.8 Å². The maximum absolute atomic E-state index is 6.11. The predicted molar refractivity (Wildman–Crippen MR) is 78.6 cm³/mol. The van der Waals surface area contributed by atoms with Crippen molar-refractivity contribution in [2.45, 2.75) is 50.4 Å². The molecule has 0 aliphatic heterocycles. The Kier molecular flexibility index (Phi) is 3.53. The summed E-state index contributed by atoms with van der Waals surface area (Å²) in [6, 6.07) is 6.68. The quantitative estimate of drug-likeness (QED) is 0.883. The van der Waals surface area contributed by atoms with Gasteiger partial charge in [-0.2, -0.15) is 0 Å². The van der Waals surface area contributed by atoms with E-state index >= 15 is 0 Å². The van der Waals surface area contributed by atoms with Crippen LogP contribution in [0.5, 0.6) is 5.75 Å². The largest absolute Gasteiger partial charge is 0.497 e. The standard InChI is InChI=1S/C17H25NO/c1-19-15-8-6-13-5-7-14(12-18)17(16(13)11-15)9-3-2-4-10-17/h6,8,11,14H,2-5,7,9-10,12,18H2,1H3. The van der Waals surface area contributed by atoms with Crippen LogP contribution in [0.25, 0.3) is 0 Å². The van der Waals surface area contributed by atoms with Gasteiger partial charge in [0.2, 0.25) is 0 Å². The van der Waals surface area contributed by atoms with Gasteiger partial charge in [-0.25, -0.2) is 0 Å². The molecule has 19 heavy (non-hydrogen) atoms. The molecule has 0 aromatic heterocycles. The van der Waals surface area contributed by atoms with Crippen LogP contribution < -0.4 is 10.5 Å². The number of nitrogens with two attached hydrogens (primary N) is 1. The Morgan fingerprint density at radius 3 is 2.74 bits per heavy atom. The summed E-state index contributed by atoms with van der Waals surface area (Å²) >= 11 is 0. The number of hydrogen-bond acceptors (Lipinski definition) is 2. The molecule has 2 nitrogen and oxygen atoms in total. The van der Waals surface area contributed by atoms with Gasteiger partial charge in [0.25, 0.3) is 0 Å². The summed E-state index contributed by atoms with van der Waals surface area (Å²) in [6.45, 7) is 0.830. The van der Waals surface area contributed by atoms with Crippen LogP contribution in [0.1, 0.15) is 49.7 Å². The Labute approximate surface area is 116 Å². The molecule has 1 aromatic rings. The highest BCUT2D eigenvalue weighted by molar-refractivity contribution is 5.43. The van der Waals surface area contributed by atoms with Crippen LogP contribution in [-0.4, -0.2) is 13.7 Å². The molecule has 3 rings (SSSR count). The van der Waals surface area contributed by atoms with E-state index in [0.717, 1.165) is 12.3 Å². The van der Waals surface area contributed by atoms with Gasteiger partial charge < -0.3 is 10.5 Å². The molecular weight excluding hydrogens is 234 g/mol. The first-order chi connectivity index (χ1) is 9.30. The Morgan fingerprint density at radius 2 is 2.05 bits per heavy atom. The molecule has 2 aliphatic rings. The molecule has 1 aromatic carbocycles. The summed E-state index contributed by atoms with van der Waals surface area (Å²) in [5.41, 5.74) is 9.53. The lowest BCUT2D eigenvalue weighted by molar-refractivity contribution is 0.171. The predicted octanol–water partition coefficient (Wildman–Crippen LogP) is 3.42. The highest BCUT2D eigenvalue weighted by Crippen LogP contribution is 2.51. The molecule has 0 heterocycles. The van der Waals surface area contributed by atoms with E-state index in [2.05, 4.69) is 18.2 Å². The molecule has 0 bridgehead atoms. The second kappa shape index (κ2) is 5.16. The van der Waals surface area contributed by atoms with Crippen LogP contribution >= 0.6 is 0 Å². The van der Waals surface area contributed by atoms with Crippen molar-refractivity contribution >= 4 is 0 Å². The molecule has 1 spiro atoms. The first-order valence-corrected chi connectivity index (χ1v) is 7.67. The van der Waals surface area contributed by atoms with E-state index in [1.54, 1.807) is 12.7 Å². The van der Waals surface area contributed by atoms with E-state index < -0.39 is 0 Å². The van der Waals surface area contributed by atoms with Crippen LogP contribution in [0.2, 0.25) is 0 Å². The van der Waals surface area contributed by atoms with E-state index in [9.17, 15) is 0 Å². The smallest absolute Gasteiger partial charge is 0.119 e. The summed E-state index contributed by atoms with van der Waals surface area (Å²) in [7, 11) is 1.76. The topological polar surface area (TPSA) is 35.2 Å². The van der Waals surface area contributed by atoms with Crippen molar-refractivity contribution in [3.63, 3.8) is 0 Å². The summed E-state index contributed by atoms with van der Waals surface area (Å²) < 4.78 is 5.45. The van der Waals surface area contributed by atoms with Gasteiger partial charge in [0.1, 0.15) is 5.75 Å². The average Bonchev–Trinajstić information content (AvgIpc) is 2.48. The third-order valence-electron chi connectivity index (χ3n) is 5.43. The minimum Gasteiger partial charge on any atom is -0.497 e. The van der Waals surface area contributed by atoms with E-state index in [0.29, 0.717) is 11.3 Å². The van der Waals surface area contributed by atoms with Gasteiger partial charge >= 0.3 is 0 Å². The number of rotatable bonds is 2. The maximum atomic E-state index is 6.11. The molecule has 1 atom stereocenters. The molecule has 2 N–H and O–H groups in total. The minimum atomic E-state index is 0.342. The fraction of sp³-hybridized carbons (Fsp3) is 0.647. The van der Waals surface area contributed by atoms with Crippen molar-refractivity contribution in [2.24, 2.45) is 11.7 Å². The number of benzene rings is 1. The van der Waals surface area contributed by atoms with Crippen molar-refractivity contribution in [2.75, 3.05) is 13.7 Å². The van der Waals surface area contributed by atoms with Crippen molar-refractivity contribution in [3.05, 3.63) is 29.3 Å². The summed E-state index contributed by atoms with van der Waals surface area (Å²) in [5.74, 6) is 1.66. The van der Waals surface area contributed by atoms with E-state index in [4.69, 9.17) is 10.5 Å². The van der Waals surface area contributed by atoms with Gasteiger partial charge in [0, 0.05) is 0 Å². The molecule has 1 unspecified atom stereocenters. The van der Waals surface area contributed by atoms with Crippen molar-refractivity contribution in [1.29, 1.82) is 0 Å². The molecule has 1 fully saturated rings.